The van der Waals surface area contributed by atoms with Crippen molar-refractivity contribution in [2.45, 2.75) is 129 Å². The highest BCUT2D eigenvalue weighted by Crippen LogP contribution is 2.13. The minimum absolute atomic E-state index is 0.135. The van der Waals surface area contributed by atoms with Crippen molar-refractivity contribution >= 4 is 18.2 Å². The van der Waals surface area contributed by atoms with Crippen LogP contribution in [0.2, 0.25) is 0 Å². The van der Waals surface area contributed by atoms with Crippen molar-refractivity contribution in [1.29, 1.82) is 0 Å². The number of hydrogen-bond donors (Lipinski definition) is 2. The minimum Gasteiger partial charge on any atom is -0.480 e. The number of hydrogen-bond acceptors (Lipinski definition) is 3. The van der Waals surface area contributed by atoms with E-state index in [0.29, 0.717) is 12.8 Å². The summed E-state index contributed by atoms with van der Waals surface area (Å²) in [5, 5.41) is 11.7. The number of unbranched alkanes of at least 4 members (excludes halogenated alkanes) is 14. The van der Waals surface area contributed by atoms with E-state index in [1.807, 2.05) is 6.92 Å². The molecular formula is C23H43NO4. The fourth-order valence-corrected chi connectivity index (χ4v) is 3.45. The predicted molar refractivity (Wildman–Crippen MR) is 114 cm³/mol. The number of amides is 1. The number of carbonyl (C=O) groups excluding carboxylic acids is 2. The van der Waals surface area contributed by atoms with E-state index in [0.717, 1.165) is 44.8 Å². The first-order valence-corrected chi connectivity index (χ1v) is 11.6. The van der Waals surface area contributed by atoms with Crippen molar-refractivity contribution in [3.8, 4) is 0 Å². The van der Waals surface area contributed by atoms with Gasteiger partial charge in [0.1, 0.15) is 12.3 Å². The van der Waals surface area contributed by atoms with Gasteiger partial charge in [-0.1, -0.05) is 90.4 Å². The van der Waals surface area contributed by atoms with Crippen molar-refractivity contribution in [2.75, 3.05) is 0 Å². The molecule has 1 atom stereocenters. The van der Waals surface area contributed by atoms with Crippen molar-refractivity contribution in [3.63, 3.8) is 0 Å². The molecular weight excluding hydrogens is 354 g/mol. The zero-order chi connectivity index (χ0) is 20.9. The number of aliphatic carboxylic acids is 1. The molecule has 0 bridgehead atoms. The van der Waals surface area contributed by atoms with Crippen LogP contribution in [-0.2, 0) is 14.4 Å². The molecule has 0 aliphatic heterocycles. The molecule has 0 spiro atoms. The first-order chi connectivity index (χ1) is 13.6. The highest BCUT2D eigenvalue weighted by molar-refractivity contribution is 5.83. The van der Waals surface area contributed by atoms with Gasteiger partial charge in [0.2, 0.25) is 5.91 Å². The molecule has 5 heteroatoms. The van der Waals surface area contributed by atoms with E-state index >= 15 is 0 Å². The van der Waals surface area contributed by atoms with Crippen LogP contribution in [0.25, 0.3) is 0 Å². The van der Waals surface area contributed by atoms with Crippen molar-refractivity contribution in [1.82, 2.24) is 5.32 Å². The minimum atomic E-state index is -0.940. The molecule has 0 aliphatic carbocycles. The lowest BCUT2D eigenvalue weighted by Gasteiger charge is -2.13. The number of carbonyl (C=O) groups is 3. The van der Waals surface area contributed by atoms with E-state index in [-0.39, 0.29) is 5.91 Å². The average molecular weight is 398 g/mol. The molecule has 2 N–H and O–H groups in total. The van der Waals surface area contributed by atoms with Gasteiger partial charge in [-0.15, -0.1) is 0 Å². The molecule has 0 aromatic heterocycles. The maximum absolute atomic E-state index is 11.8. The van der Waals surface area contributed by atoms with Crippen LogP contribution in [0.4, 0.5) is 0 Å². The Labute approximate surface area is 172 Å². The molecule has 0 radical (unpaired) electrons. The summed E-state index contributed by atoms with van der Waals surface area (Å²) in [5.41, 5.74) is 0. The fourth-order valence-electron chi connectivity index (χ4n) is 3.45. The Balaban J connectivity index is 3.32. The molecule has 0 aliphatic rings. The van der Waals surface area contributed by atoms with Crippen LogP contribution in [0.15, 0.2) is 0 Å². The highest BCUT2D eigenvalue weighted by Gasteiger charge is 2.18. The lowest BCUT2D eigenvalue weighted by Crippen LogP contribution is -2.40. The summed E-state index contributed by atoms with van der Waals surface area (Å²) in [6, 6.07) is -0.736. The molecule has 5 nitrogen and oxygen atoms in total. The average Bonchev–Trinajstić information content (AvgIpc) is 2.67. The SMILES string of the molecule is CCC[C@H](NC(=O)CCCCCCCCCCCCCCCCC=O)C(=O)O. The summed E-state index contributed by atoms with van der Waals surface area (Å²) >= 11 is 0. The third-order valence-corrected chi connectivity index (χ3v) is 5.19. The molecule has 0 heterocycles. The van der Waals surface area contributed by atoms with E-state index in [4.69, 9.17) is 5.11 Å². The van der Waals surface area contributed by atoms with Crippen LogP contribution in [0.1, 0.15) is 122 Å². The Kier molecular flexibility index (Phi) is 19.3. The molecule has 0 saturated heterocycles. The van der Waals surface area contributed by atoms with E-state index in [1.54, 1.807) is 0 Å². The van der Waals surface area contributed by atoms with E-state index in [1.165, 1.54) is 64.2 Å². The summed E-state index contributed by atoms with van der Waals surface area (Å²) in [6.45, 7) is 1.92. The maximum Gasteiger partial charge on any atom is 0.326 e. The summed E-state index contributed by atoms with van der Waals surface area (Å²) in [7, 11) is 0. The largest absolute Gasteiger partial charge is 0.480 e. The molecule has 0 aromatic carbocycles. The third-order valence-electron chi connectivity index (χ3n) is 5.19. The number of aldehydes is 1. The molecule has 28 heavy (non-hydrogen) atoms. The smallest absolute Gasteiger partial charge is 0.326 e. The van der Waals surface area contributed by atoms with E-state index in [9.17, 15) is 14.4 Å². The van der Waals surface area contributed by atoms with Crippen LogP contribution in [-0.4, -0.2) is 29.3 Å². The van der Waals surface area contributed by atoms with Gasteiger partial charge in [0.25, 0.3) is 0 Å². The molecule has 0 fully saturated rings. The van der Waals surface area contributed by atoms with Crippen LogP contribution in [0.3, 0.4) is 0 Å². The predicted octanol–water partition coefficient (Wildman–Crippen LogP) is 5.80. The van der Waals surface area contributed by atoms with Gasteiger partial charge in [-0.05, 0) is 19.3 Å². The van der Waals surface area contributed by atoms with Crippen molar-refractivity contribution in [3.05, 3.63) is 0 Å². The molecule has 1 amide bonds. The zero-order valence-electron chi connectivity index (χ0n) is 18.1. The number of carboxylic acid groups (broad SMARTS) is 1. The number of rotatable bonds is 21. The second kappa shape index (κ2) is 20.3. The van der Waals surface area contributed by atoms with E-state index in [2.05, 4.69) is 5.32 Å². The summed E-state index contributed by atoms with van der Waals surface area (Å²) in [4.78, 5) is 33.0. The van der Waals surface area contributed by atoms with Gasteiger partial charge in [0.05, 0.1) is 0 Å². The normalized spacial score (nSPS) is 11.9. The van der Waals surface area contributed by atoms with Crippen molar-refractivity contribution in [2.24, 2.45) is 0 Å². The summed E-state index contributed by atoms with van der Waals surface area (Å²) in [5.74, 6) is -1.07. The van der Waals surface area contributed by atoms with E-state index < -0.39 is 12.0 Å². The lowest BCUT2D eigenvalue weighted by atomic mass is 10.0. The van der Waals surface area contributed by atoms with Crippen LogP contribution in [0, 0.1) is 0 Å². The van der Waals surface area contributed by atoms with Gasteiger partial charge >= 0.3 is 5.97 Å². The quantitative estimate of drug-likeness (QED) is 0.189. The second-order valence-corrected chi connectivity index (χ2v) is 7.90. The first-order valence-electron chi connectivity index (χ1n) is 11.6. The van der Waals surface area contributed by atoms with Gasteiger partial charge in [0.15, 0.2) is 0 Å². The molecule has 164 valence electrons. The maximum atomic E-state index is 11.8. The van der Waals surface area contributed by atoms with Crippen molar-refractivity contribution < 1.29 is 19.5 Å². The Morgan fingerprint density at radius 2 is 1.21 bits per heavy atom. The first kappa shape index (κ1) is 26.6. The third kappa shape index (κ3) is 18.0. The monoisotopic (exact) mass is 397 g/mol. The standard InChI is InChI=1S/C23H43NO4/c1-2-18-21(23(27)28)24-22(26)19-16-14-12-10-8-6-4-3-5-7-9-11-13-15-17-20-25/h20-21H,2-19H2,1H3,(H,24,26)(H,27,28)/t21-/m0/s1. The van der Waals surface area contributed by atoms with Gasteiger partial charge in [-0.3, -0.25) is 4.79 Å². The van der Waals surface area contributed by atoms with Gasteiger partial charge < -0.3 is 15.2 Å². The molecule has 0 rings (SSSR count). The fraction of sp³-hybridized carbons (Fsp3) is 0.870. The molecule has 0 saturated carbocycles. The van der Waals surface area contributed by atoms with Gasteiger partial charge in [-0.25, -0.2) is 4.79 Å². The summed E-state index contributed by atoms with van der Waals surface area (Å²) < 4.78 is 0. The van der Waals surface area contributed by atoms with Gasteiger partial charge in [-0.2, -0.15) is 0 Å². The van der Waals surface area contributed by atoms with Crippen LogP contribution >= 0.6 is 0 Å². The highest BCUT2D eigenvalue weighted by atomic mass is 16.4. The topological polar surface area (TPSA) is 83.5 Å². The Morgan fingerprint density at radius 1 is 0.786 bits per heavy atom. The molecule has 0 aromatic rings. The van der Waals surface area contributed by atoms with Gasteiger partial charge in [0, 0.05) is 12.8 Å². The zero-order valence-corrected chi connectivity index (χ0v) is 18.1. The lowest BCUT2D eigenvalue weighted by molar-refractivity contribution is -0.142. The second-order valence-electron chi connectivity index (χ2n) is 7.90. The Hall–Kier alpha value is -1.39. The Bertz CT molecular complexity index is 398. The summed E-state index contributed by atoms with van der Waals surface area (Å²) in [6.07, 6.45) is 20.4. The number of nitrogens with one attached hydrogen (secondary N) is 1. The van der Waals surface area contributed by atoms with Crippen LogP contribution in [0.5, 0.6) is 0 Å². The molecule has 0 unspecified atom stereocenters. The van der Waals surface area contributed by atoms with Crippen LogP contribution < -0.4 is 5.32 Å². The number of carboxylic acids is 1. The Morgan fingerprint density at radius 3 is 1.61 bits per heavy atom.